The summed E-state index contributed by atoms with van der Waals surface area (Å²) in [6.07, 6.45) is 3.68. The summed E-state index contributed by atoms with van der Waals surface area (Å²) in [5.74, 6) is -0.181. The van der Waals surface area contributed by atoms with E-state index in [-0.39, 0.29) is 22.7 Å². The standard InChI is InChI=1S/C25H25FN6O/c26-21-14-20(15-27)6-7-22(21)32-11-8-23(29-32)28-24(33)31-13-10-25(18-31)9-12-30(17-25)16-19-4-2-1-3-5-19/h1-8,11,14H,9-10,12-13,16-18H2,(H,28,29,33). The van der Waals surface area contributed by atoms with E-state index in [2.05, 4.69) is 39.6 Å². The molecule has 2 aliphatic heterocycles. The molecule has 1 aromatic heterocycles. The molecule has 2 aromatic carbocycles. The van der Waals surface area contributed by atoms with Gasteiger partial charge in [-0.15, -0.1) is 5.10 Å². The number of nitrogens with one attached hydrogen (secondary N) is 1. The van der Waals surface area contributed by atoms with Crippen molar-refractivity contribution in [3.63, 3.8) is 0 Å². The third kappa shape index (κ3) is 4.45. The fourth-order valence-electron chi connectivity index (χ4n) is 4.92. The molecule has 1 N–H and O–H groups in total. The van der Waals surface area contributed by atoms with Crippen LogP contribution in [-0.2, 0) is 6.54 Å². The monoisotopic (exact) mass is 444 g/mol. The van der Waals surface area contributed by atoms with Gasteiger partial charge in [-0.3, -0.25) is 10.2 Å². The summed E-state index contributed by atoms with van der Waals surface area (Å²) in [7, 11) is 0. The first-order chi connectivity index (χ1) is 16.0. The predicted octanol–water partition coefficient (Wildman–Crippen LogP) is 4.01. The Hall–Kier alpha value is -3.70. The summed E-state index contributed by atoms with van der Waals surface area (Å²) in [4.78, 5) is 17.2. The number of nitrogens with zero attached hydrogens (tertiary/aromatic N) is 5. The average Bonchev–Trinajstić information content (AvgIpc) is 3.55. The van der Waals surface area contributed by atoms with E-state index in [4.69, 9.17) is 5.26 Å². The number of aromatic nitrogens is 2. The lowest BCUT2D eigenvalue weighted by atomic mass is 9.86. The lowest BCUT2D eigenvalue weighted by Gasteiger charge is -2.25. The normalized spacial score (nSPS) is 20.3. The summed E-state index contributed by atoms with van der Waals surface area (Å²) in [6, 6.07) is 18.0. The zero-order valence-electron chi connectivity index (χ0n) is 18.2. The molecule has 0 radical (unpaired) electrons. The minimum Gasteiger partial charge on any atom is -0.324 e. The van der Waals surface area contributed by atoms with Crippen LogP contribution in [0.4, 0.5) is 15.0 Å². The Bertz CT molecular complexity index is 1200. The van der Waals surface area contributed by atoms with Crippen molar-refractivity contribution in [1.29, 1.82) is 5.26 Å². The van der Waals surface area contributed by atoms with Gasteiger partial charge in [0.2, 0.25) is 0 Å². The lowest BCUT2D eigenvalue weighted by molar-refractivity contribution is 0.210. The first-order valence-corrected chi connectivity index (χ1v) is 11.1. The fraction of sp³-hybridized carbons (Fsp3) is 0.320. The summed E-state index contributed by atoms with van der Waals surface area (Å²) in [5, 5.41) is 16.0. The van der Waals surface area contributed by atoms with Crippen molar-refractivity contribution < 1.29 is 9.18 Å². The van der Waals surface area contributed by atoms with Crippen LogP contribution in [0.3, 0.4) is 0 Å². The number of carbonyl (C=O) groups is 1. The van der Waals surface area contributed by atoms with Crippen LogP contribution < -0.4 is 5.32 Å². The molecule has 3 heterocycles. The Morgan fingerprint density at radius 2 is 1.94 bits per heavy atom. The minimum atomic E-state index is -0.544. The number of amides is 2. The Morgan fingerprint density at radius 3 is 2.73 bits per heavy atom. The third-order valence-electron chi connectivity index (χ3n) is 6.64. The number of likely N-dealkylation sites (tertiary alicyclic amines) is 2. The molecule has 7 nitrogen and oxygen atoms in total. The molecule has 3 aromatic rings. The van der Waals surface area contributed by atoms with Crippen LogP contribution in [0.15, 0.2) is 60.8 Å². The van der Waals surface area contributed by atoms with E-state index in [0.29, 0.717) is 5.82 Å². The van der Waals surface area contributed by atoms with E-state index in [1.807, 2.05) is 17.0 Å². The first kappa shape index (κ1) is 21.2. The Balaban J connectivity index is 1.19. The van der Waals surface area contributed by atoms with E-state index in [9.17, 15) is 9.18 Å². The van der Waals surface area contributed by atoms with Gasteiger partial charge in [0.1, 0.15) is 11.5 Å². The Kier molecular flexibility index (Phi) is 5.56. The molecule has 1 spiro atoms. The van der Waals surface area contributed by atoms with Crippen molar-refractivity contribution in [2.75, 3.05) is 31.5 Å². The van der Waals surface area contributed by atoms with E-state index in [1.54, 1.807) is 12.3 Å². The van der Waals surface area contributed by atoms with Crippen molar-refractivity contribution in [2.24, 2.45) is 5.41 Å². The zero-order chi connectivity index (χ0) is 22.8. The largest absolute Gasteiger partial charge is 0.324 e. The highest BCUT2D eigenvalue weighted by Gasteiger charge is 2.44. The van der Waals surface area contributed by atoms with Crippen LogP contribution >= 0.6 is 0 Å². The smallest absolute Gasteiger partial charge is 0.323 e. The number of rotatable bonds is 4. The minimum absolute atomic E-state index is 0.150. The summed E-state index contributed by atoms with van der Waals surface area (Å²) < 4.78 is 15.6. The zero-order valence-corrected chi connectivity index (χ0v) is 18.2. The molecule has 2 aliphatic rings. The molecule has 0 aliphatic carbocycles. The SMILES string of the molecule is N#Cc1ccc(-n2ccc(NC(=O)N3CCC4(CCN(Cc5ccccc5)C4)C3)n2)c(F)c1. The molecule has 168 valence electrons. The molecule has 5 rings (SSSR count). The second-order valence-electron chi connectivity index (χ2n) is 8.97. The summed E-state index contributed by atoms with van der Waals surface area (Å²) in [6.45, 7) is 4.44. The van der Waals surface area contributed by atoms with E-state index < -0.39 is 5.82 Å². The molecule has 2 saturated heterocycles. The average molecular weight is 445 g/mol. The summed E-state index contributed by atoms with van der Waals surface area (Å²) >= 11 is 0. The molecular formula is C25H25FN6O. The highest BCUT2D eigenvalue weighted by atomic mass is 19.1. The van der Waals surface area contributed by atoms with Crippen LogP contribution in [-0.4, -0.2) is 51.8 Å². The highest BCUT2D eigenvalue weighted by molar-refractivity contribution is 5.88. The fourth-order valence-corrected chi connectivity index (χ4v) is 4.92. The molecule has 33 heavy (non-hydrogen) atoms. The van der Waals surface area contributed by atoms with Gasteiger partial charge in [-0.05, 0) is 43.1 Å². The molecule has 2 amide bonds. The maximum absolute atomic E-state index is 14.3. The van der Waals surface area contributed by atoms with E-state index >= 15 is 0 Å². The van der Waals surface area contributed by atoms with Crippen LogP contribution in [0, 0.1) is 22.6 Å². The third-order valence-corrected chi connectivity index (χ3v) is 6.64. The molecule has 0 bridgehead atoms. The van der Waals surface area contributed by atoms with Crippen molar-refractivity contribution in [3.05, 3.63) is 77.7 Å². The van der Waals surface area contributed by atoms with Crippen molar-refractivity contribution in [1.82, 2.24) is 19.6 Å². The van der Waals surface area contributed by atoms with Crippen molar-refractivity contribution in [2.45, 2.75) is 19.4 Å². The number of hydrogen-bond acceptors (Lipinski definition) is 4. The second-order valence-corrected chi connectivity index (χ2v) is 8.97. The van der Waals surface area contributed by atoms with Gasteiger partial charge in [-0.1, -0.05) is 30.3 Å². The van der Waals surface area contributed by atoms with Crippen molar-refractivity contribution in [3.8, 4) is 11.8 Å². The van der Waals surface area contributed by atoms with Crippen LogP contribution in [0.2, 0.25) is 0 Å². The number of halogens is 1. The van der Waals surface area contributed by atoms with Crippen LogP contribution in [0.1, 0.15) is 24.0 Å². The van der Waals surface area contributed by atoms with Crippen molar-refractivity contribution >= 4 is 11.8 Å². The number of carbonyl (C=O) groups excluding carboxylic acids is 1. The van der Waals surface area contributed by atoms with Crippen LogP contribution in [0.5, 0.6) is 0 Å². The van der Waals surface area contributed by atoms with Gasteiger partial charge < -0.3 is 4.90 Å². The maximum Gasteiger partial charge on any atom is 0.323 e. The lowest BCUT2D eigenvalue weighted by Crippen LogP contribution is -2.36. The number of anilines is 1. The molecule has 2 fully saturated rings. The van der Waals surface area contributed by atoms with Gasteiger partial charge >= 0.3 is 6.03 Å². The number of benzene rings is 2. The quantitative estimate of drug-likeness (QED) is 0.660. The molecule has 0 saturated carbocycles. The van der Waals surface area contributed by atoms with Gasteiger partial charge in [0.15, 0.2) is 5.82 Å². The maximum atomic E-state index is 14.3. The number of urea groups is 1. The van der Waals surface area contributed by atoms with Gasteiger partial charge in [0.25, 0.3) is 0 Å². The van der Waals surface area contributed by atoms with Gasteiger partial charge in [-0.25, -0.2) is 13.9 Å². The van der Waals surface area contributed by atoms with Gasteiger partial charge in [-0.2, -0.15) is 5.26 Å². The number of hydrogen-bond donors (Lipinski definition) is 1. The topological polar surface area (TPSA) is 77.2 Å². The first-order valence-electron chi connectivity index (χ1n) is 11.1. The van der Waals surface area contributed by atoms with Crippen LogP contribution in [0.25, 0.3) is 5.69 Å². The van der Waals surface area contributed by atoms with Gasteiger partial charge in [0, 0.05) is 43.9 Å². The van der Waals surface area contributed by atoms with Gasteiger partial charge in [0.05, 0.1) is 11.6 Å². The predicted molar refractivity (Wildman–Crippen MR) is 122 cm³/mol. The molecule has 1 atom stereocenters. The van der Waals surface area contributed by atoms with E-state index in [0.717, 1.165) is 45.6 Å². The second kappa shape index (κ2) is 8.68. The Labute approximate surface area is 192 Å². The van der Waals surface area contributed by atoms with E-state index in [1.165, 1.54) is 28.4 Å². The highest BCUT2D eigenvalue weighted by Crippen LogP contribution is 2.40. The molecule has 1 unspecified atom stereocenters. The number of nitriles is 1. The molecular weight excluding hydrogens is 419 g/mol. The summed E-state index contributed by atoms with van der Waals surface area (Å²) in [5.41, 5.74) is 1.93. The molecule has 8 heteroatoms. The Morgan fingerprint density at radius 1 is 1.12 bits per heavy atom.